The summed E-state index contributed by atoms with van der Waals surface area (Å²) in [6, 6.07) is 3.22. The molecule has 7 heteroatoms. The van der Waals surface area contributed by atoms with Gasteiger partial charge in [-0.1, -0.05) is 0 Å². The van der Waals surface area contributed by atoms with Crippen molar-refractivity contribution in [3.05, 3.63) is 24.0 Å². The van der Waals surface area contributed by atoms with E-state index >= 15 is 0 Å². The molecule has 0 spiro atoms. The van der Waals surface area contributed by atoms with Crippen molar-refractivity contribution in [2.24, 2.45) is 14.1 Å². The fraction of sp³-hybridized carbons (Fsp3) is 0.222. The van der Waals surface area contributed by atoms with Crippen LogP contribution in [-0.2, 0) is 14.1 Å². The molecule has 2 aromatic heterocycles. The fourth-order valence-electron chi connectivity index (χ4n) is 1.36. The van der Waals surface area contributed by atoms with Crippen LogP contribution in [0.25, 0.3) is 0 Å². The second-order valence-electron chi connectivity index (χ2n) is 3.41. The van der Waals surface area contributed by atoms with E-state index in [1.54, 1.807) is 31.0 Å². The van der Waals surface area contributed by atoms with Crippen molar-refractivity contribution >= 4 is 17.5 Å². The molecular weight excluding hydrogens is 208 g/mol. The maximum absolute atomic E-state index is 11.8. The number of nitrogens with one attached hydrogen (secondary N) is 1. The van der Waals surface area contributed by atoms with Crippen LogP contribution in [0.3, 0.4) is 0 Å². The lowest BCUT2D eigenvalue weighted by atomic mass is 10.4. The van der Waals surface area contributed by atoms with Crippen molar-refractivity contribution in [3.8, 4) is 0 Å². The van der Waals surface area contributed by atoms with Crippen LogP contribution in [0.2, 0.25) is 0 Å². The number of aromatic nitrogens is 4. The predicted octanol–water partition coefficient (Wildman–Crippen LogP) is -0.0119. The Balaban J connectivity index is 2.17. The van der Waals surface area contributed by atoms with Gasteiger partial charge in [0.2, 0.25) is 0 Å². The Kier molecular flexibility index (Phi) is 2.35. The van der Waals surface area contributed by atoms with Gasteiger partial charge in [0, 0.05) is 32.4 Å². The first-order valence-electron chi connectivity index (χ1n) is 4.67. The van der Waals surface area contributed by atoms with Gasteiger partial charge in [0.15, 0.2) is 5.82 Å². The lowest BCUT2D eigenvalue weighted by Gasteiger charge is -2.01. The average molecular weight is 220 g/mol. The number of carbonyl (C=O) groups excluding carboxylic acids is 1. The largest absolute Gasteiger partial charge is 0.382 e. The van der Waals surface area contributed by atoms with Gasteiger partial charge in [0.25, 0.3) is 5.91 Å². The van der Waals surface area contributed by atoms with Gasteiger partial charge in [-0.3, -0.25) is 14.2 Å². The molecule has 0 bridgehead atoms. The number of nitrogen functional groups attached to an aromatic ring is 1. The highest BCUT2D eigenvalue weighted by molar-refractivity contribution is 6.02. The van der Waals surface area contributed by atoms with E-state index in [9.17, 15) is 4.79 Å². The standard InChI is InChI=1S/C9H12N6O/c1-14-4-3-8(13-14)11-9(16)6-5-7(10)12-15(6)2/h3-5H,1-2H3,(H2,10,12)(H,11,13,16). The number of aryl methyl sites for hydroxylation is 2. The lowest BCUT2D eigenvalue weighted by Crippen LogP contribution is -2.16. The molecule has 7 nitrogen and oxygen atoms in total. The molecule has 0 aliphatic carbocycles. The molecule has 3 N–H and O–H groups in total. The minimum atomic E-state index is -0.287. The Bertz CT molecular complexity index is 526. The second kappa shape index (κ2) is 3.69. The number of hydrogen-bond acceptors (Lipinski definition) is 4. The molecule has 0 aliphatic heterocycles. The SMILES string of the molecule is Cn1ccc(NC(=O)c2cc(N)nn2C)n1. The third-order valence-electron chi connectivity index (χ3n) is 2.09. The molecule has 0 fully saturated rings. The quantitative estimate of drug-likeness (QED) is 0.744. The van der Waals surface area contributed by atoms with Crippen LogP contribution in [0.15, 0.2) is 18.3 Å². The van der Waals surface area contributed by atoms with Crippen LogP contribution >= 0.6 is 0 Å². The Morgan fingerprint density at radius 3 is 2.69 bits per heavy atom. The van der Waals surface area contributed by atoms with Crippen molar-refractivity contribution in [2.75, 3.05) is 11.1 Å². The van der Waals surface area contributed by atoms with Gasteiger partial charge in [-0.2, -0.15) is 10.2 Å². The summed E-state index contributed by atoms with van der Waals surface area (Å²) in [6.45, 7) is 0. The van der Waals surface area contributed by atoms with Crippen molar-refractivity contribution in [1.29, 1.82) is 0 Å². The summed E-state index contributed by atoms with van der Waals surface area (Å²) in [5, 5.41) is 10.6. The summed E-state index contributed by atoms with van der Waals surface area (Å²) in [7, 11) is 3.43. The molecule has 0 atom stereocenters. The van der Waals surface area contributed by atoms with Crippen molar-refractivity contribution < 1.29 is 4.79 Å². The lowest BCUT2D eigenvalue weighted by molar-refractivity contribution is 0.101. The Hall–Kier alpha value is -2.31. The molecule has 0 radical (unpaired) electrons. The van der Waals surface area contributed by atoms with Gasteiger partial charge in [-0.05, 0) is 0 Å². The highest BCUT2D eigenvalue weighted by atomic mass is 16.2. The summed E-state index contributed by atoms with van der Waals surface area (Å²) in [5.74, 6) is 0.520. The molecular formula is C9H12N6O. The maximum atomic E-state index is 11.8. The van der Waals surface area contributed by atoms with E-state index in [-0.39, 0.29) is 5.91 Å². The first kappa shape index (κ1) is 10.2. The van der Waals surface area contributed by atoms with E-state index in [1.807, 2.05) is 0 Å². The average Bonchev–Trinajstić information content (AvgIpc) is 2.73. The molecule has 2 aromatic rings. The van der Waals surface area contributed by atoms with Crippen LogP contribution in [0.5, 0.6) is 0 Å². The van der Waals surface area contributed by atoms with Gasteiger partial charge >= 0.3 is 0 Å². The summed E-state index contributed by atoms with van der Waals surface area (Å²) in [5.41, 5.74) is 5.87. The predicted molar refractivity (Wildman–Crippen MR) is 58.8 cm³/mol. The molecule has 2 rings (SSSR count). The van der Waals surface area contributed by atoms with E-state index in [0.717, 1.165) is 0 Å². The van der Waals surface area contributed by atoms with Gasteiger partial charge in [-0.15, -0.1) is 0 Å². The van der Waals surface area contributed by atoms with Crippen molar-refractivity contribution in [3.63, 3.8) is 0 Å². The van der Waals surface area contributed by atoms with Gasteiger partial charge < -0.3 is 11.1 Å². The highest BCUT2D eigenvalue weighted by Gasteiger charge is 2.12. The zero-order chi connectivity index (χ0) is 11.7. The van der Waals surface area contributed by atoms with Crippen LogP contribution < -0.4 is 11.1 Å². The zero-order valence-corrected chi connectivity index (χ0v) is 9.01. The van der Waals surface area contributed by atoms with Crippen LogP contribution in [0, 0.1) is 0 Å². The molecule has 0 aliphatic rings. The maximum Gasteiger partial charge on any atom is 0.275 e. The van der Waals surface area contributed by atoms with E-state index in [0.29, 0.717) is 17.3 Å². The third kappa shape index (κ3) is 1.88. The number of nitrogens with two attached hydrogens (primary N) is 1. The molecule has 16 heavy (non-hydrogen) atoms. The van der Waals surface area contributed by atoms with Crippen molar-refractivity contribution in [2.45, 2.75) is 0 Å². The molecule has 84 valence electrons. The summed E-state index contributed by atoms with van der Waals surface area (Å²) < 4.78 is 3.03. The molecule has 0 saturated heterocycles. The number of carbonyl (C=O) groups is 1. The summed E-state index contributed by atoms with van der Waals surface area (Å²) in [6.07, 6.45) is 1.74. The normalized spacial score (nSPS) is 10.4. The number of hydrogen-bond donors (Lipinski definition) is 2. The van der Waals surface area contributed by atoms with E-state index < -0.39 is 0 Å². The minimum Gasteiger partial charge on any atom is -0.382 e. The monoisotopic (exact) mass is 220 g/mol. The minimum absolute atomic E-state index is 0.287. The topological polar surface area (TPSA) is 90.8 Å². The number of nitrogens with zero attached hydrogens (tertiary/aromatic N) is 4. The molecule has 2 heterocycles. The molecule has 0 aromatic carbocycles. The molecule has 0 unspecified atom stereocenters. The van der Waals surface area contributed by atoms with E-state index in [2.05, 4.69) is 15.5 Å². The zero-order valence-electron chi connectivity index (χ0n) is 9.01. The van der Waals surface area contributed by atoms with Crippen LogP contribution in [0.4, 0.5) is 11.6 Å². The van der Waals surface area contributed by atoms with Crippen molar-refractivity contribution in [1.82, 2.24) is 19.6 Å². The smallest absolute Gasteiger partial charge is 0.275 e. The van der Waals surface area contributed by atoms with Gasteiger partial charge in [-0.25, -0.2) is 0 Å². The second-order valence-corrected chi connectivity index (χ2v) is 3.41. The Labute approximate surface area is 91.8 Å². The summed E-state index contributed by atoms with van der Waals surface area (Å²) >= 11 is 0. The molecule has 0 saturated carbocycles. The number of anilines is 2. The fourth-order valence-corrected chi connectivity index (χ4v) is 1.36. The van der Waals surface area contributed by atoms with Gasteiger partial charge in [0.05, 0.1) is 0 Å². The Morgan fingerprint density at radius 1 is 1.44 bits per heavy atom. The number of rotatable bonds is 2. The van der Waals surface area contributed by atoms with Crippen LogP contribution in [0.1, 0.15) is 10.5 Å². The summed E-state index contributed by atoms with van der Waals surface area (Å²) in [4.78, 5) is 11.8. The van der Waals surface area contributed by atoms with E-state index in [1.165, 1.54) is 10.7 Å². The highest BCUT2D eigenvalue weighted by Crippen LogP contribution is 2.08. The van der Waals surface area contributed by atoms with E-state index in [4.69, 9.17) is 5.73 Å². The number of amides is 1. The first-order valence-corrected chi connectivity index (χ1v) is 4.67. The van der Waals surface area contributed by atoms with Gasteiger partial charge in [0.1, 0.15) is 11.5 Å². The van der Waals surface area contributed by atoms with Crippen LogP contribution in [-0.4, -0.2) is 25.5 Å². The third-order valence-corrected chi connectivity index (χ3v) is 2.09. The first-order chi connectivity index (χ1) is 7.56. The Morgan fingerprint density at radius 2 is 2.19 bits per heavy atom. The molecule has 1 amide bonds.